The first-order valence-electron chi connectivity index (χ1n) is 20.5. The Bertz CT molecular complexity index is 2240. The summed E-state index contributed by atoms with van der Waals surface area (Å²) >= 11 is 5.73. The average molecular weight is 910 g/mol. The molecule has 0 aliphatic carbocycles. The Morgan fingerprint density at radius 2 is 0.824 bits per heavy atom. The van der Waals surface area contributed by atoms with Crippen LogP contribution in [0.25, 0.3) is 0 Å². The molecule has 18 heteroatoms. The van der Waals surface area contributed by atoms with E-state index >= 15 is 0 Å². The van der Waals surface area contributed by atoms with E-state index in [2.05, 4.69) is 29.9 Å². The van der Waals surface area contributed by atoms with Gasteiger partial charge in [0.05, 0.1) is 5.72 Å². The monoisotopic (exact) mass is 910 g/mol. The van der Waals surface area contributed by atoms with Crippen molar-refractivity contribution in [1.82, 2.24) is 29.9 Å². The second-order valence-electron chi connectivity index (χ2n) is 14.7. The standard InChI is InChI=1S/C7H6BCl.C7H5BF2.C7H6BF.C7H7B.2C6H6BN.2C5H5BN2/c1-5-2-3-6(8)4-7(5)9;1-4-6(9)2-5(8)3-7(4)10;1-5-2-3-6(8)4-7(5)9;1-6-2-4-7(8)5-3-6;1-5-2-3-6(7)4-8-5;1-5-2-3-6(7)8-4-5;1-4-7-2-5(6)3-8-4;1-4-2-7-5(6)8-3-4/h2-4H,1H3;2-3H,1H3;2-4H,1H3;2-5H,1H3;2*2-4H,1H3;2*2-3H,1H3. The lowest BCUT2D eigenvalue weighted by molar-refractivity contribution is 0.570. The van der Waals surface area contributed by atoms with Gasteiger partial charge in [-0.15, -0.1) is 0 Å². The first-order chi connectivity index (χ1) is 31.9. The van der Waals surface area contributed by atoms with Gasteiger partial charge in [0.1, 0.15) is 78.2 Å². The predicted molar refractivity (Wildman–Crippen MR) is 284 cm³/mol. The lowest BCUT2D eigenvalue weighted by Gasteiger charge is -1.98. The molecular weight excluding hydrogens is 864 g/mol. The minimum absolute atomic E-state index is 0.00852. The van der Waals surface area contributed by atoms with E-state index in [1.807, 2.05) is 96.1 Å². The number of halogens is 4. The molecule has 68 heavy (non-hydrogen) atoms. The minimum Gasteiger partial charge on any atom is -0.273 e. The lowest BCUT2D eigenvalue weighted by Crippen LogP contribution is -2.11. The molecular formula is C50H46B8ClF3N6. The van der Waals surface area contributed by atoms with Crippen LogP contribution in [0.4, 0.5) is 13.2 Å². The van der Waals surface area contributed by atoms with Gasteiger partial charge < -0.3 is 0 Å². The van der Waals surface area contributed by atoms with Gasteiger partial charge in [0, 0.05) is 53.5 Å². The Hall–Kier alpha value is -6.06. The number of hydrogen-bond donors (Lipinski definition) is 0. The summed E-state index contributed by atoms with van der Waals surface area (Å²) in [5.74, 6) is -0.691. The normalized spacial score (nSPS) is 9.35. The molecule has 4 aromatic heterocycles. The lowest BCUT2D eigenvalue weighted by atomic mass is 9.95. The van der Waals surface area contributed by atoms with Crippen molar-refractivity contribution in [2.45, 2.75) is 55.4 Å². The van der Waals surface area contributed by atoms with Gasteiger partial charge in [-0.2, -0.15) is 0 Å². The molecule has 0 saturated heterocycles. The molecule has 0 fully saturated rings. The zero-order valence-corrected chi connectivity index (χ0v) is 40.3. The summed E-state index contributed by atoms with van der Waals surface area (Å²) in [5.41, 5.74) is 10.5. The molecule has 0 atom stereocenters. The quantitative estimate of drug-likeness (QED) is 0.216. The van der Waals surface area contributed by atoms with Gasteiger partial charge in [0.25, 0.3) is 0 Å². The van der Waals surface area contributed by atoms with Gasteiger partial charge in [0.15, 0.2) is 7.85 Å². The highest BCUT2D eigenvalue weighted by atomic mass is 35.5. The number of aromatic nitrogens is 6. The Kier molecular flexibility index (Phi) is 28.8. The number of rotatable bonds is 0. The maximum atomic E-state index is 12.5. The number of hydrogen-bond acceptors (Lipinski definition) is 6. The molecule has 0 aliphatic rings. The highest BCUT2D eigenvalue weighted by Crippen LogP contribution is 2.11. The largest absolute Gasteiger partial charge is 0.273 e. The van der Waals surface area contributed by atoms with Gasteiger partial charge in [0.2, 0.25) is 0 Å². The van der Waals surface area contributed by atoms with E-state index in [4.69, 9.17) is 74.4 Å². The maximum absolute atomic E-state index is 12.5. The SMILES string of the molecule is [B]c1cc(F)c(C)c(F)c1.[B]c1ccc(C)c(Cl)c1.[B]c1ccc(C)c(F)c1.[B]c1ccc(C)cc1.[B]c1ccc(C)cn1.[B]c1ccc(C)nc1.[B]c1cnc(C)nc1.[B]c1ncc(C)cn1. The van der Waals surface area contributed by atoms with Crippen molar-refractivity contribution >= 4 is 118 Å². The molecule has 0 spiro atoms. The van der Waals surface area contributed by atoms with Gasteiger partial charge in [-0.25, -0.2) is 23.1 Å². The van der Waals surface area contributed by atoms with Crippen molar-refractivity contribution < 1.29 is 13.2 Å². The molecule has 8 rings (SSSR count). The highest BCUT2D eigenvalue weighted by Gasteiger charge is 2.03. The van der Waals surface area contributed by atoms with Crippen LogP contribution >= 0.6 is 11.6 Å². The smallest absolute Gasteiger partial charge is 0.170 e. The zero-order chi connectivity index (χ0) is 51.3. The average Bonchev–Trinajstić information content (AvgIpc) is 3.29. The minimum atomic E-state index is -0.600. The second-order valence-corrected chi connectivity index (χ2v) is 15.1. The van der Waals surface area contributed by atoms with Gasteiger partial charge in [-0.3, -0.25) is 19.9 Å². The molecule has 0 N–H and O–H groups in total. The van der Waals surface area contributed by atoms with Gasteiger partial charge in [-0.05, 0) is 108 Å². The number of aryl methyl sites for hydroxylation is 7. The Balaban J connectivity index is 0.000000389. The van der Waals surface area contributed by atoms with Crippen molar-refractivity contribution in [2.75, 3.05) is 0 Å². The third-order valence-electron chi connectivity index (χ3n) is 8.24. The highest BCUT2D eigenvalue weighted by molar-refractivity contribution is 6.36. The van der Waals surface area contributed by atoms with Crippen LogP contribution in [0.3, 0.4) is 0 Å². The van der Waals surface area contributed by atoms with Crippen LogP contribution in [-0.4, -0.2) is 92.7 Å². The first-order valence-corrected chi connectivity index (χ1v) is 20.8. The molecule has 6 nitrogen and oxygen atoms in total. The summed E-state index contributed by atoms with van der Waals surface area (Å²) in [6.45, 7) is 14.7. The number of benzene rings is 4. The predicted octanol–water partition coefficient (Wildman–Crippen LogP) is 3.75. The summed E-state index contributed by atoms with van der Waals surface area (Å²) in [7, 11) is 42.5. The molecule has 0 aliphatic heterocycles. The third kappa shape index (κ3) is 28.2. The van der Waals surface area contributed by atoms with Crippen molar-refractivity contribution in [1.29, 1.82) is 0 Å². The molecule has 0 bridgehead atoms. The molecule has 16 radical (unpaired) electrons. The maximum Gasteiger partial charge on any atom is 0.170 e. The first kappa shape index (κ1) is 60.0. The van der Waals surface area contributed by atoms with Crippen LogP contribution in [0, 0.1) is 72.8 Å². The van der Waals surface area contributed by atoms with E-state index < -0.39 is 11.6 Å². The molecule has 4 heterocycles. The number of nitrogens with zero attached hydrogens (tertiary/aromatic N) is 6. The fourth-order valence-electron chi connectivity index (χ4n) is 4.21. The van der Waals surface area contributed by atoms with Crippen LogP contribution in [0.2, 0.25) is 5.02 Å². The van der Waals surface area contributed by atoms with Gasteiger partial charge >= 0.3 is 0 Å². The van der Waals surface area contributed by atoms with Crippen LogP contribution in [-0.2, 0) is 0 Å². The molecule has 4 aromatic carbocycles. The fraction of sp³-hybridized carbons (Fsp3) is 0.160. The Morgan fingerprint density at radius 1 is 0.368 bits per heavy atom. The molecule has 0 saturated carbocycles. The third-order valence-corrected chi connectivity index (χ3v) is 8.65. The van der Waals surface area contributed by atoms with E-state index in [0.29, 0.717) is 33.3 Å². The fourth-order valence-corrected chi connectivity index (χ4v) is 4.40. The van der Waals surface area contributed by atoms with E-state index in [1.165, 1.54) is 18.6 Å². The van der Waals surface area contributed by atoms with Crippen LogP contribution in [0.5, 0.6) is 0 Å². The number of pyridine rings is 2. The Morgan fingerprint density at radius 3 is 1.21 bits per heavy atom. The van der Waals surface area contributed by atoms with E-state index in [-0.39, 0.29) is 16.8 Å². The second kappa shape index (κ2) is 32.6. The van der Waals surface area contributed by atoms with E-state index in [9.17, 15) is 13.2 Å². The van der Waals surface area contributed by atoms with Crippen molar-refractivity contribution in [3.8, 4) is 0 Å². The van der Waals surface area contributed by atoms with Crippen molar-refractivity contribution in [3.63, 3.8) is 0 Å². The van der Waals surface area contributed by atoms with Crippen LogP contribution < -0.4 is 44.1 Å². The summed E-state index contributed by atoms with van der Waals surface area (Å²) in [6, 6.07) is 27.6. The van der Waals surface area contributed by atoms with Crippen molar-refractivity contribution in [3.05, 3.63) is 202 Å². The summed E-state index contributed by atoms with van der Waals surface area (Å²) in [4.78, 5) is 23.0. The van der Waals surface area contributed by atoms with Crippen molar-refractivity contribution in [2.24, 2.45) is 0 Å². The zero-order valence-electron chi connectivity index (χ0n) is 39.5. The summed E-state index contributed by atoms with van der Waals surface area (Å²) in [6.07, 6.45) is 9.93. The van der Waals surface area contributed by atoms with Crippen LogP contribution in [0.1, 0.15) is 44.9 Å². The van der Waals surface area contributed by atoms with E-state index in [0.717, 1.165) is 56.3 Å². The molecule has 328 valence electrons. The summed E-state index contributed by atoms with van der Waals surface area (Å²) in [5, 5.41) is 0.731. The molecule has 0 unspecified atom stereocenters. The summed E-state index contributed by atoms with van der Waals surface area (Å²) < 4.78 is 37.5. The van der Waals surface area contributed by atoms with Gasteiger partial charge in [-0.1, -0.05) is 123 Å². The topological polar surface area (TPSA) is 77.3 Å². The molecule has 0 amide bonds. The van der Waals surface area contributed by atoms with E-state index in [1.54, 1.807) is 68.4 Å². The van der Waals surface area contributed by atoms with Crippen LogP contribution in [0.15, 0.2) is 134 Å². The Labute approximate surface area is 416 Å². The molecule has 8 aromatic rings.